The Morgan fingerprint density at radius 3 is 2.55 bits per heavy atom. The number of amidine groups is 1. The first-order valence-electron chi connectivity index (χ1n) is 7.56. The molecule has 1 fully saturated rings. The highest BCUT2D eigenvalue weighted by atomic mass is 16.4. The first kappa shape index (κ1) is 14.7. The van der Waals surface area contributed by atoms with Crippen molar-refractivity contribution in [2.24, 2.45) is 16.8 Å². The minimum atomic E-state index is 0.301. The monoisotopic (exact) mass is 275 g/mol. The molecule has 0 bridgehead atoms. The van der Waals surface area contributed by atoms with Gasteiger partial charge in [0.25, 0.3) is 0 Å². The van der Waals surface area contributed by atoms with Gasteiger partial charge < -0.3 is 15.8 Å². The highest BCUT2D eigenvalue weighted by Gasteiger charge is 2.17. The van der Waals surface area contributed by atoms with Crippen LogP contribution >= 0.6 is 0 Å². The van der Waals surface area contributed by atoms with E-state index in [9.17, 15) is 0 Å². The Hall–Kier alpha value is -1.71. The molecule has 4 nitrogen and oxygen atoms in total. The Morgan fingerprint density at radius 1 is 1.20 bits per heavy atom. The molecule has 1 aromatic rings. The molecule has 0 amide bonds. The molecular formula is C16H25N3O. The van der Waals surface area contributed by atoms with Gasteiger partial charge in [-0.05, 0) is 30.9 Å². The van der Waals surface area contributed by atoms with Crippen molar-refractivity contribution in [2.45, 2.75) is 38.5 Å². The van der Waals surface area contributed by atoms with Gasteiger partial charge >= 0.3 is 0 Å². The summed E-state index contributed by atoms with van der Waals surface area (Å²) in [5.41, 5.74) is 6.83. The van der Waals surface area contributed by atoms with Gasteiger partial charge in [-0.1, -0.05) is 42.6 Å². The van der Waals surface area contributed by atoms with E-state index in [2.05, 4.69) is 34.3 Å². The minimum absolute atomic E-state index is 0.301. The maximum absolute atomic E-state index is 8.68. The lowest BCUT2D eigenvalue weighted by atomic mass is 9.89. The van der Waals surface area contributed by atoms with Crippen molar-refractivity contribution in [1.29, 1.82) is 0 Å². The molecule has 0 radical (unpaired) electrons. The number of para-hydroxylation sites is 1. The summed E-state index contributed by atoms with van der Waals surface area (Å²) in [6.45, 7) is 1.87. The third kappa shape index (κ3) is 4.44. The van der Waals surface area contributed by atoms with E-state index in [-0.39, 0.29) is 0 Å². The molecule has 1 saturated carbocycles. The minimum Gasteiger partial charge on any atom is -0.409 e. The summed E-state index contributed by atoms with van der Waals surface area (Å²) in [6, 6.07) is 10.4. The summed E-state index contributed by atoms with van der Waals surface area (Å²) in [7, 11) is 0. The van der Waals surface area contributed by atoms with Crippen LogP contribution in [0, 0.1) is 5.92 Å². The fourth-order valence-electron chi connectivity index (χ4n) is 2.95. The number of oxime groups is 1. The molecule has 20 heavy (non-hydrogen) atoms. The van der Waals surface area contributed by atoms with E-state index in [0.717, 1.165) is 19.0 Å². The molecule has 0 heterocycles. The van der Waals surface area contributed by atoms with Crippen molar-refractivity contribution in [3.05, 3.63) is 30.3 Å². The average Bonchev–Trinajstić information content (AvgIpc) is 2.53. The Morgan fingerprint density at radius 2 is 1.90 bits per heavy atom. The van der Waals surface area contributed by atoms with Crippen molar-refractivity contribution >= 4 is 11.5 Å². The van der Waals surface area contributed by atoms with Crippen molar-refractivity contribution in [1.82, 2.24) is 0 Å². The van der Waals surface area contributed by atoms with Crippen LogP contribution in [0.5, 0.6) is 0 Å². The third-order valence-electron chi connectivity index (χ3n) is 4.09. The van der Waals surface area contributed by atoms with Crippen LogP contribution in [-0.4, -0.2) is 24.1 Å². The van der Waals surface area contributed by atoms with Gasteiger partial charge in [0.05, 0.1) is 0 Å². The predicted octanol–water partition coefficient (Wildman–Crippen LogP) is 3.21. The first-order valence-corrected chi connectivity index (χ1v) is 7.56. The van der Waals surface area contributed by atoms with Gasteiger partial charge in [0.2, 0.25) is 0 Å². The van der Waals surface area contributed by atoms with Crippen LogP contribution in [0.1, 0.15) is 38.5 Å². The van der Waals surface area contributed by atoms with Crippen molar-refractivity contribution in [3.63, 3.8) is 0 Å². The first-order chi connectivity index (χ1) is 9.79. The molecule has 1 aromatic carbocycles. The predicted molar refractivity (Wildman–Crippen MR) is 83.3 cm³/mol. The summed E-state index contributed by atoms with van der Waals surface area (Å²) in [5.74, 6) is 1.07. The van der Waals surface area contributed by atoms with Gasteiger partial charge in [-0.3, -0.25) is 0 Å². The van der Waals surface area contributed by atoms with E-state index < -0.39 is 0 Å². The Kier molecular flexibility index (Phi) is 5.71. The quantitative estimate of drug-likeness (QED) is 0.363. The molecule has 0 atom stereocenters. The lowest BCUT2D eigenvalue weighted by Gasteiger charge is -2.31. The van der Waals surface area contributed by atoms with Crippen molar-refractivity contribution in [2.75, 3.05) is 18.0 Å². The van der Waals surface area contributed by atoms with Gasteiger partial charge in [-0.25, -0.2) is 0 Å². The van der Waals surface area contributed by atoms with Crippen LogP contribution < -0.4 is 10.6 Å². The number of hydrogen-bond donors (Lipinski definition) is 2. The van der Waals surface area contributed by atoms with E-state index in [1.807, 2.05) is 6.07 Å². The maximum Gasteiger partial charge on any atom is 0.140 e. The molecule has 0 unspecified atom stereocenters. The highest BCUT2D eigenvalue weighted by Crippen LogP contribution is 2.26. The zero-order valence-electron chi connectivity index (χ0n) is 12.0. The average molecular weight is 275 g/mol. The van der Waals surface area contributed by atoms with Crippen LogP contribution in [-0.2, 0) is 0 Å². The van der Waals surface area contributed by atoms with E-state index in [0.29, 0.717) is 12.3 Å². The molecule has 1 aliphatic carbocycles. The lowest BCUT2D eigenvalue weighted by Crippen LogP contribution is -2.33. The summed E-state index contributed by atoms with van der Waals surface area (Å²) in [6.07, 6.45) is 7.34. The van der Waals surface area contributed by atoms with Gasteiger partial charge in [-0.15, -0.1) is 0 Å². The summed E-state index contributed by atoms with van der Waals surface area (Å²) < 4.78 is 0. The molecule has 1 aliphatic rings. The van der Waals surface area contributed by atoms with E-state index in [4.69, 9.17) is 10.9 Å². The molecule has 4 heteroatoms. The fourth-order valence-corrected chi connectivity index (χ4v) is 2.95. The topological polar surface area (TPSA) is 61.8 Å². The zero-order chi connectivity index (χ0) is 14.2. The van der Waals surface area contributed by atoms with Crippen LogP contribution in [0.3, 0.4) is 0 Å². The van der Waals surface area contributed by atoms with Crippen molar-refractivity contribution in [3.8, 4) is 0 Å². The highest BCUT2D eigenvalue weighted by molar-refractivity contribution is 5.80. The van der Waals surface area contributed by atoms with Crippen LogP contribution in [0.2, 0.25) is 0 Å². The fraction of sp³-hybridized carbons (Fsp3) is 0.562. The molecule has 0 saturated heterocycles. The van der Waals surface area contributed by atoms with E-state index in [1.165, 1.54) is 37.8 Å². The largest absolute Gasteiger partial charge is 0.409 e. The number of anilines is 1. The van der Waals surface area contributed by atoms with Gasteiger partial charge in [0, 0.05) is 25.2 Å². The third-order valence-corrected chi connectivity index (χ3v) is 4.09. The molecule has 0 aromatic heterocycles. The number of rotatable bonds is 6. The molecule has 3 N–H and O–H groups in total. The SMILES string of the molecule is N/C(CCN(CC1CCCCC1)c1ccccc1)=N\O. The standard InChI is InChI=1S/C16H25N3O/c17-16(18-20)11-12-19(15-9-5-2-6-10-15)13-14-7-3-1-4-8-14/h2,5-6,9-10,14,20H,1,3-4,7-8,11-13H2,(H2,17,18). The second-order valence-electron chi connectivity index (χ2n) is 5.63. The maximum atomic E-state index is 8.68. The van der Waals surface area contributed by atoms with Crippen LogP contribution in [0.15, 0.2) is 35.5 Å². The van der Waals surface area contributed by atoms with Gasteiger partial charge in [-0.2, -0.15) is 0 Å². The molecular weight excluding hydrogens is 250 g/mol. The lowest BCUT2D eigenvalue weighted by molar-refractivity contribution is 0.316. The number of benzene rings is 1. The molecule has 2 rings (SSSR count). The van der Waals surface area contributed by atoms with Crippen LogP contribution in [0.4, 0.5) is 5.69 Å². The second-order valence-corrected chi connectivity index (χ2v) is 5.63. The smallest absolute Gasteiger partial charge is 0.140 e. The normalized spacial score (nSPS) is 17.1. The van der Waals surface area contributed by atoms with Gasteiger partial charge in [0.1, 0.15) is 5.84 Å². The molecule has 0 aliphatic heterocycles. The molecule has 0 spiro atoms. The summed E-state index contributed by atoms with van der Waals surface area (Å²) in [5, 5.41) is 11.8. The van der Waals surface area contributed by atoms with Gasteiger partial charge in [0.15, 0.2) is 0 Å². The Bertz CT molecular complexity index is 413. The molecule has 110 valence electrons. The summed E-state index contributed by atoms with van der Waals surface area (Å²) in [4.78, 5) is 2.37. The van der Waals surface area contributed by atoms with E-state index >= 15 is 0 Å². The zero-order valence-corrected chi connectivity index (χ0v) is 12.0. The second kappa shape index (κ2) is 7.78. The Labute approximate surface area is 121 Å². The summed E-state index contributed by atoms with van der Waals surface area (Å²) >= 11 is 0. The van der Waals surface area contributed by atoms with E-state index in [1.54, 1.807) is 0 Å². The number of hydrogen-bond acceptors (Lipinski definition) is 3. The Balaban J connectivity index is 1.99. The number of nitrogens with two attached hydrogens (primary N) is 1. The number of nitrogens with zero attached hydrogens (tertiary/aromatic N) is 2. The van der Waals surface area contributed by atoms with Crippen molar-refractivity contribution < 1.29 is 5.21 Å². The van der Waals surface area contributed by atoms with Crippen LogP contribution in [0.25, 0.3) is 0 Å².